The van der Waals surface area contributed by atoms with Crippen LogP contribution in [0.2, 0.25) is 0 Å². The third-order valence-corrected chi connectivity index (χ3v) is 1.29. The Kier molecular flexibility index (Phi) is 5.84. The monoisotopic (exact) mass is 160 g/mol. The average Bonchev–Trinajstić information content (AvgIpc) is 1.87. The summed E-state index contributed by atoms with van der Waals surface area (Å²) in [6.07, 6.45) is 0.582. The van der Waals surface area contributed by atoms with Crippen molar-refractivity contribution < 1.29 is 14.3 Å². The number of hydrogen-bond acceptors (Lipinski definition) is 3. The maximum atomic E-state index is 9.81. The number of ether oxygens (including phenoxy) is 2. The van der Waals surface area contributed by atoms with Crippen molar-refractivity contribution in [2.24, 2.45) is 5.92 Å². The lowest BCUT2D eigenvalue weighted by Crippen LogP contribution is -2.13. The van der Waals surface area contributed by atoms with E-state index < -0.39 is 6.29 Å². The fourth-order valence-corrected chi connectivity index (χ4v) is 0.587. The second-order valence-corrected chi connectivity index (χ2v) is 2.85. The van der Waals surface area contributed by atoms with Gasteiger partial charge >= 0.3 is 0 Å². The second-order valence-electron chi connectivity index (χ2n) is 2.85. The van der Waals surface area contributed by atoms with Gasteiger partial charge in [-0.15, -0.1) is 0 Å². The van der Waals surface area contributed by atoms with E-state index >= 15 is 0 Å². The van der Waals surface area contributed by atoms with Crippen LogP contribution in [0, 0.1) is 5.92 Å². The van der Waals surface area contributed by atoms with Crippen LogP contribution in [0.3, 0.4) is 0 Å². The molecular weight excluding hydrogens is 144 g/mol. The van der Waals surface area contributed by atoms with E-state index in [0.29, 0.717) is 19.0 Å². The predicted octanol–water partition coefficient (Wildman–Crippen LogP) is 1.57. The van der Waals surface area contributed by atoms with Gasteiger partial charge in [-0.3, -0.25) is 4.79 Å². The lowest BCUT2D eigenvalue weighted by Gasteiger charge is -2.11. The van der Waals surface area contributed by atoms with E-state index in [2.05, 4.69) is 18.6 Å². The molecule has 0 aliphatic rings. The van der Waals surface area contributed by atoms with Crippen LogP contribution < -0.4 is 0 Å². The summed E-state index contributed by atoms with van der Waals surface area (Å²) in [7, 11) is 0. The van der Waals surface area contributed by atoms with E-state index in [4.69, 9.17) is 4.74 Å². The summed E-state index contributed by atoms with van der Waals surface area (Å²) in [5.41, 5.74) is 0. The van der Waals surface area contributed by atoms with Crippen LogP contribution >= 0.6 is 0 Å². The summed E-state index contributed by atoms with van der Waals surface area (Å²) >= 11 is 0. The number of hydrogen-bond donors (Lipinski definition) is 0. The van der Waals surface area contributed by atoms with Crippen LogP contribution in [-0.4, -0.2) is 19.4 Å². The Morgan fingerprint density at radius 3 is 2.45 bits per heavy atom. The molecule has 0 amide bonds. The topological polar surface area (TPSA) is 35.5 Å². The summed E-state index contributed by atoms with van der Waals surface area (Å²) in [6.45, 7) is 6.99. The highest BCUT2D eigenvalue weighted by atomic mass is 16.7. The van der Waals surface area contributed by atoms with Crippen molar-refractivity contribution in [2.75, 3.05) is 6.61 Å². The van der Waals surface area contributed by atoms with Crippen LogP contribution in [0.15, 0.2) is 0 Å². The van der Waals surface area contributed by atoms with Crippen molar-refractivity contribution >= 4 is 6.47 Å². The first-order valence-corrected chi connectivity index (χ1v) is 3.87. The van der Waals surface area contributed by atoms with Crippen molar-refractivity contribution in [3.05, 3.63) is 0 Å². The molecule has 3 heteroatoms. The average molecular weight is 160 g/mol. The van der Waals surface area contributed by atoms with Crippen LogP contribution in [0.25, 0.3) is 0 Å². The minimum absolute atomic E-state index is 0.403. The van der Waals surface area contributed by atoms with Gasteiger partial charge in [-0.2, -0.15) is 0 Å². The van der Waals surface area contributed by atoms with Crippen molar-refractivity contribution in [2.45, 2.75) is 33.5 Å². The summed E-state index contributed by atoms with van der Waals surface area (Å²) in [5.74, 6) is 0.624. The second kappa shape index (κ2) is 6.16. The summed E-state index contributed by atoms with van der Waals surface area (Å²) < 4.78 is 9.66. The highest BCUT2D eigenvalue weighted by Gasteiger charge is 2.00. The van der Waals surface area contributed by atoms with Gasteiger partial charge in [-0.1, -0.05) is 13.8 Å². The van der Waals surface area contributed by atoms with Gasteiger partial charge < -0.3 is 9.47 Å². The fourth-order valence-electron chi connectivity index (χ4n) is 0.587. The molecule has 1 atom stereocenters. The molecular formula is C8H16O3. The Morgan fingerprint density at radius 1 is 1.36 bits per heavy atom. The third kappa shape index (κ3) is 7.33. The number of rotatable bonds is 6. The zero-order valence-corrected chi connectivity index (χ0v) is 7.37. The molecule has 0 radical (unpaired) electrons. The first kappa shape index (κ1) is 10.4. The van der Waals surface area contributed by atoms with Gasteiger partial charge in [-0.05, 0) is 19.3 Å². The maximum absolute atomic E-state index is 9.81. The van der Waals surface area contributed by atoms with Crippen LogP contribution in [0.4, 0.5) is 0 Å². The Hall–Kier alpha value is -0.570. The lowest BCUT2D eigenvalue weighted by molar-refractivity contribution is -0.159. The third-order valence-electron chi connectivity index (χ3n) is 1.29. The molecule has 0 heterocycles. The first-order valence-electron chi connectivity index (χ1n) is 3.87. The summed E-state index contributed by atoms with van der Waals surface area (Å²) in [6, 6.07) is 0. The maximum Gasteiger partial charge on any atom is 0.295 e. The molecule has 0 N–H and O–H groups in total. The fraction of sp³-hybridized carbons (Fsp3) is 0.875. The molecule has 0 spiro atoms. The molecule has 11 heavy (non-hydrogen) atoms. The highest BCUT2D eigenvalue weighted by molar-refractivity contribution is 5.37. The molecule has 0 fully saturated rings. The van der Waals surface area contributed by atoms with Gasteiger partial charge in [-0.25, -0.2) is 0 Å². The van der Waals surface area contributed by atoms with E-state index in [1.54, 1.807) is 6.92 Å². The Bertz CT molecular complexity index is 102. The van der Waals surface area contributed by atoms with E-state index in [9.17, 15) is 4.79 Å². The molecule has 66 valence electrons. The van der Waals surface area contributed by atoms with Crippen LogP contribution in [-0.2, 0) is 14.3 Å². The minimum atomic E-state index is -0.411. The van der Waals surface area contributed by atoms with E-state index in [0.717, 1.165) is 6.42 Å². The Balaban J connectivity index is 3.16. The number of carbonyl (C=O) groups excluding carboxylic acids is 1. The molecule has 0 rings (SSSR count). The minimum Gasteiger partial charge on any atom is -0.438 e. The van der Waals surface area contributed by atoms with Gasteiger partial charge in [0.15, 0.2) is 6.29 Å². The summed E-state index contributed by atoms with van der Waals surface area (Å²) in [5, 5.41) is 0. The number of carbonyl (C=O) groups is 1. The Morgan fingerprint density at radius 2 is 2.00 bits per heavy atom. The van der Waals surface area contributed by atoms with Gasteiger partial charge in [0.1, 0.15) is 0 Å². The van der Waals surface area contributed by atoms with E-state index in [1.807, 2.05) is 0 Å². The normalized spacial score (nSPS) is 13.1. The van der Waals surface area contributed by atoms with E-state index in [1.165, 1.54) is 0 Å². The van der Waals surface area contributed by atoms with Crippen molar-refractivity contribution in [1.82, 2.24) is 0 Å². The van der Waals surface area contributed by atoms with Crippen molar-refractivity contribution in [3.8, 4) is 0 Å². The van der Waals surface area contributed by atoms with Crippen LogP contribution in [0.1, 0.15) is 27.2 Å². The van der Waals surface area contributed by atoms with Crippen molar-refractivity contribution in [3.63, 3.8) is 0 Å². The lowest BCUT2D eigenvalue weighted by atomic mass is 10.1. The largest absolute Gasteiger partial charge is 0.438 e. The first-order chi connectivity index (χ1) is 5.16. The van der Waals surface area contributed by atoms with E-state index in [-0.39, 0.29) is 0 Å². The van der Waals surface area contributed by atoms with Gasteiger partial charge in [0.05, 0.1) is 6.61 Å². The molecule has 0 aromatic heterocycles. The molecule has 1 unspecified atom stereocenters. The summed E-state index contributed by atoms with van der Waals surface area (Å²) in [4.78, 5) is 9.81. The van der Waals surface area contributed by atoms with Crippen molar-refractivity contribution in [1.29, 1.82) is 0 Å². The quantitative estimate of drug-likeness (QED) is 0.437. The molecule has 0 aliphatic heterocycles. The molecule has 0 bridgehead atoms. The molecule has 3 nitrogen and oxygen atoms in total. The zero-order chi connectivity index (χ0) is 8.69. The molecule has 0 aromatic carbocycles. The van der Waals surface area contributed by atoms with Gasteiger partial charge in [0.2, 0.25) is 0 Å². The smallest absolute Gasteiger partial charge is 0.295 e. The van der Waals surface area contributed by atoms with Gasteiger partial charge in [0, 0.05) is 0 Å². The molecule has 0 aliphatic carbocycles. The van der Waals surface area contributed by atoms with Crippen LogP contribution in [0.5, 0.6) is 0 Å². The zero-order valence-electron chi connectivity index (χ0n) is 7.37. The SMILES string of the molecule is CC(C)CCOC(C)OC=O. The predicted molar refractivity (Wildman–Crippen MR) is 42.0 cm³/mol. The van der Waals surface area contributed by atoms with Gasteiger partial charge in [0.25, 0.3) is 6.47 Å². The Labute approximate surface area is 67.7 Å². The molecule has 0 saturated carbocycles. The standard InChI is InChI=1S/C8H16O3/c1-7(2)4-5-10-8(3)11-6-9/h6-8H,4-5H2,1-3H3. The molecule has 0 saturated heterocycles. The molecule has 0 aromatic rings. The highest BCUT2D eigenvalue weighted by Crippen LogP contribution is 2.01.